The third kappa shape index (κ3) is 6.41. The van der Waals surface area contributed by atoms with Crippen LogP contribution in [0.15, 0.2) is 59.6 Å². The topological polar surface area (TPSA) is 65.9 Å². The Labute approximate surface area is 156 Å². The molecule has 0 fully saturated rings. The summed E-state index contributed by atoms with van der Waals surface area (Å²) in [4.78, 5) is 4.56. The number of aliphatic hydroxyl groups is 1. The normalized spacial score (nSPS) is 12.5. The van der Waals surface area contributed by atoms with Gasteiger partial charge in [-0.05, 0) is 37.0 Å². The van der Waals surface area contributed by atoms with E-state index >= 15 is 0 Å². The molecule has 5 heteroatoms. The molecule has 0 aliphatic heterocycles. The van der Waals surface area contributed by atoms with Crippen molar-refractivity contribution in [1.82, 2.24) is 10.6 Å². The molecule has 140 valence electrons. The Hall–Kier alpha value is -2.53. The van der Waals surface area contributed by atoms with Crippen molar-refractivity contribution in [3.63, 3.8) is 0 Å². The van der Waals surface area contributed by atoms with Crippen molar-refractivity contribution in [2.45, 2.75) is 25.9 Å². The van der Waals surface area contributed by atoms with E-state index in [0.29, 0.717) is 13.0 Å². The molecular weight excluding hydrogens is 326 g/mol. The van der Waals surface area contributed by atoms with Crippen LogP contribution in [0.4, 0.5) is 0 Å². The fourth-order valence-electron chi connectivity index (χ4n) is 2.71. The first-order valence-corrected chi connectivity index (χ1v) is 9.11. The molecule has 0 spiro atoms. The van der Waals surface area contributed by atoms with E-state index in [-0.39, 0.29) is 0 Å². The molecule has 0 amide bonds. The van der Waals surface area contributed by atoms with Crippen molar-refractivity contribution in [1.29, 1.82) is 0 Å². The highest BCUT2D eigenvalue weighted by Gasteiger charge is 2.06. The first-order valence-electron chi connectivity index (χ1n) is 9.11. The number of nitrogens with zero attached hydrogens (tertiary/aromatic N) is 1. The number of ether oxygens (including phenoxy) is 1. The fourth-order valence-corrected chi connectivity index (χ4v) is 2.71. The molecule has 5 nitrogen and oxygen atoms in total. The second-order valence-electron chi connectivity index (χ2n) is 5.96. The number of guanidine groups is 1. The Morgan fingerprint density at radius 2 is 1.81 bits per heavy atom. The Morgan fingerprint density at radius 3 is 2.54 bits per heavy atom. The molecule has 3 N–H and O–H groups in total. The summed E-state index contributed by atoms with van der Waals surface area (Å²) in [6.45, 7) is 4.14. The van der Waals surface area contributed by atoms with Crippen LogP contribution in [-0.2, 0) is 6.42 Å². The number of hydrogen-bond donors (Lipinski definition) is 3. The lowest BCUT2D eigenvalue weighted by molar-refractivity contribution is 0.170. The molecular formula is C21H29N3O2. The minimum absolute atomic E-state index is 0.489. The highest BCUT2D eigenvalue weighted by atomic mass is 16.5. The summed E-state index contributed by atoms with van der Waals surface area (Å²) >= 11 is 0. The number of aliphatic hydroxyl groups excluding tert-OH is 1. The van der Waals surface area contributed by atoms with E-state index in [4.69, 9.17) is 4.74 Å². The molecule has 0 aliphatic rings. The molecule has 0 heterocycles. The van der Waals surface area contributed by atoms with E-state index in [1.807, 2.05) is 55.5 Å². The first-order chi connectivity index (χ1) is 12.7. The van der Waals surface area contributed by atoms with Crippen molar-refractivity contribution >= 4 is 5.96 Å². The van der Waals surface area contributed by atoms with Crippen molar-refractivity contribution in [2.75, 3.05) is 26.7 Å². The van der Waals surface area contributed by atoms with Gasteiger partial charge >= 0.3 is 0 Å². The molecule has 0 saturated heterocycles. The maximum absolute atomic E-state index is 10.2. The SMILES string of the molecule is CCNC(=NCCC(O)c1ccccc1)NCCc1ccccc1OC. The van der Waals surface area contributed by atoms with Crippen LogP contribution in [0.1, 0.15) is 30.6 Å². The summed E-state index contributed by atoms with van der Waals surface area (Å²) in [7, 11) is 1.69. The standard InChI is InChI=1S/C21H29N3O2/c1-3-22-21(23-15-13-18-11-7-8-12-20(18)26-2)24-16-14-19(25)17-9-5-4-6-10-17/h4-12,19,25H,3,13-16H2,1-2H3,(H2,22,23,24). The van der Waals surface area contributed by atoms with Gasteiger partial charge in [0.2, 0.25) is 0 Å². The Balaban J connectivity index is 1.82. The molecule has 0 bridgehead atoms. The van der Waals surface area contributed by atoms with E-state index < -0.39 is 6.10 Å². The van der Waals surface area contributed by atoms with Gasteiger partial charge in [0.25, 0.3) is 0 Å². The number of nitrogens with one attached hydrogen (secondary N) is 2. The van der Waals surface area contributed by atoms with Crippen LogP contribution in [-0.4, -0.2) is 37.8 Å². The van der Waals surface area contributed by atoms with Gasteiger partial charge in [-0.3, -0.25) is 4.99 Å². The predicted molar refractivity (Wildman–Crippen MR) is 107 cm³/mol. The average molecular weight is 355 g/mol. The van der Waals surface area contributed by atoms with E-state index in [2.05, 4.69) is 21.7 Å². The minimum Gasteiger partial charge on any atom is -0.496 e. The summed E-state index contributed by atoms with van der Waals surface area (Å²) in [5.74, 6) is 1.67. The molecule has 0 aliphatic carbocycles. The van der Waals surface area contributed by atoms with Gasteiger partial charge < -0.3 is 20.5 Å². The zero-order chi connectivity index (χ0) is 18.6. The van der Waals surface area contributed by atoms with Crippen LogP contribution >= 0.6 is 0 Å². The Kier molecular flexibility index (Phi) is 8.49. The van der Waals surface area contributed by atoms with Gasteiger partial charge in [0.15, 0.2) is 5.96 Å². The lowest BCUT2D eigenvalue weighted by Crippen LogP contribution is -2.38. The van der Waals surface area contributed by atoms with Gasteiger partial charge in [-0.1, -0.05) is 48.5 Å². The average Bonchev–Trinajstić information content (AvgIpc) is 2.69. The van der Waals surface area contributed by atoms with Crippen molar-refractivity contribution in [3.05, 3.63) is 65.7 Å². The lowest BCUT2D eigenvalue weighted by Gasteiger charge is -2.13. The second kappa shape index (κ2) is 11.2. The number of methoxy groups -OCH3 is 1. The van der Waals surface area contributed by atoms with Crippen LogP contribution in [0, 0.1) is 0 Å². The van der Waals surface area contributed by atoms with Crippen molar-refractivity contribution in [2.24, 2.45) is 4.99 Å². The van der Waals surface area contributed by atoms with Gasteiger partial charge in [-0.25, -0.2) is 0 Å². The zero-order valence-corrected chi connectivity index (χ0v) is 15.6. The van der Waals surface area contributed by atoms with Gasteiger partial charge in [0.05, 0.1) is 13.2 Å². The second-order valence-corrected chi connectivity index (χ2v) is 5.96. The maximum atomic E-state index is 10.2. The zero-order valence-electron chi connectivity index (χ0n) is 15.6. The number of para-hydroxylation sites is 1. The van der Waals surface area contributed by atoms with Crippen molar-refractivity contribution in [3.8, 4) is 5.75 Å². The number of rotatable bonds is 9. The molecule has 1 atom stereocenters. The number of aliphatic imine (C=N–C) groups is 1. The maximum Gasteiger partial charge on any atom is 0.191 e. The number of benzene rings is 2. The molecule has 0 saturated carbocycles. The highest BCUT2D eigenvalue weighted by Crippen LogP contribution is 2.17. The van der Waals surface area contributed by atoms with Crippen LogP contribution in [0.25, 0.3) is 0 Å². The Bertz CT molecular complexity index is 674. The van der Waals surface area contributed by atoms with Crippen LogP contribution in [0.2, 0.25) is 0 Å². The van der Waals surface area contributed by atoms with Crippen LogP contribution < -0.4 is 15.4 Å². The van der Waals surface area contributed by atoms with Crippen molar-refractivity contribution < 1.29 is 9.84 Å². The van der Waals surface area contributed by atoms with E-state index in [1.54, 1.807) is 7.11 Å². The quantitative estimate of drug-likeness (QED) is 0.478. The fraction of sp³-hybridized carbons (Fsp3) is 0.381. The number of hydrogen-bond acceptors (Lipinski definition) is 3. The summed E-state index contributed by atoms with van der Waals surface area (Å²) in [5.41, 5.74) is 2.09. The highest BCUT2D eigenvalue weighted by molar-refractivity contribution is 5.79. The third-order valence-corrected chi connectivity index (χ3v) is 4.08. The van der Waals surface area contributed by atoms with E-state index in [9.17, 15) is 5.11 Å². The summed E-state index contributed by atoms with van der Waals surface area (Å²) < 4.78 is 5.38. The molecule has 0 aromatic heterocycles. The minimum atomic E-state index is -0.489. The van der Waals surface area contributed by atoms with E-state index in [0.717, 1.165) is 42.3 Å². The molecule has 2 aromatic rings. The van der Waals surface area contributed by atoms with Gasteiger partial charge in [-0.15, -0.1) is 0 Å². The van der Waals surface area contributed by atoms with E-state index in [1.165, 1.54) is 0 Å². The van der Waals surface area contributed by atoms with Gasteiger partial charge in [0.1, 0.15) is 5.75 Å². The molecule has 1 unspecified atom stereocenters. The molecule has 2 rings (SSSR count). The smallest absolute Gasteiger partial charge is 0.191 e. The molecule has 26 heavy (non-hydrogen) atoms. The monoisotopic (exact) mass is 355 g/mol. The Morgan fingerprint density at radius 1 is 1.08 bits per heavy atom. The molecule has 0 radical (unpaired) electrons. The van der Waals surface area contributed by atoms with Gasteiger partial charge in [0, 0.05) is 19.6 Å². The lowest BCUT2D eigenvalue weighted by atomic mass is 10.1. The third-order valence-electron chi connectivity index (χ3n) is 4.08. The summed E-state index contributed by atoms with van der Waals surface area (Å²) in [5, 5.41) is 16.8. The summed E-state index contributed by atoms with van der Waals surface area (Å²) in [6.07, 6.45) is 0.949. The van der Waals surface area contributed by atoms with Gasteiger partial charge in [-0.2, -0.15) is 0 Å². The molecule has 2 aromatic carbocycles. The van der Waals surface area contributed by atoms with Crippen LogP contribution in [0.3, 0.4) is 0 Å². The predicted octanol–water partition coefficient (Wildman–Crippen LogP) is 2.92. The largest absolute Gasteiger partial charge is 0.496 e. The van der Waals surface area contributed by atoms with Crippen LogP contribution in [0.5, 0.6) is 5.75 Å². The summed E-state index contributed by atoms with van der Waals surface area (Å²) in [6, 6.07) is 17.7. The first kappa shape index (κ1) is 19.8.